The molecule has 0 aliphatic rings. The lowest BCUT2D eigenvalue weighted by Gasteiger charge is -2.27. The molecular formula is C12H18N2O4S. The van der Waals surface area contributed by atoms with E-state index in [2.05, 4.69) is 5.32 Å². The summed E-state index contributed by atoms with van der Waals surface area (Å²) in [5, 5.41) is 13.2. The second-order valence-corrected chi connectivity index (χ2v) is 6.25. The molecule has 2 N–H and O–H groups in total. The highest BCUT2D eigenvalue weighted by Gasteiger charge is 2.32. The Hall–Kier alpha value is -1.63. The second kappa shape index (κ2) is 5.56. The van der Waals surface area contributed by atoms with Crippen molar-refractivity contribution in [3.63, 3.8) is 0 Å². The van der Waals surface area contributed by atoms with Crippen LogP contribution in [0.3, 0.4) is 0 Å². The van der Waals surface area contributed by atoms with Gasteiger partial charge in [-0.25, -0.2) is 4.79 Å². The van der Waals surface area contributed by atoms with Gasteiger partial charge < -0.3 is 10.4 Å². The molecule has 0 aliphatic heterocycles. The Morgan fingerprint density at radius 1 is 1.47 bits per heavy atom. The summed E-state index contributed by atoms with van der Waals surface area (Å²) in [7, 11) is 0. The van der Waals surface area contributed by atoms with Crippen LogP contribution >= 0.6 is 11.3 Å². The third kappa shape index (κ3) is 3.92. The van der Waals surface area contributed by atoms with Crippen molar-refractivity contribution < 1.29 is 14.7 Å². The number of hydrogen-bond acceptors (Lipinski definition) is 4. The lowest BCUT2D eigenvalue weighted by atomic mass is 9.87. The summed E-state index contributed by atoms with van der Waals surface area (Å²) in [5.74, 6) is -1.57. The van der Waals surface area contributed by atoms with Crippen LogP contribution in [0.1, 0.15) is 26.5 Å². The predicted octanol–water partition coefficient (Wildman–Crippen LogP) is 0.834. The number of carbonyl (C=O) groups is 2. The van der Waals surface area contributed by atoms with E-state index in [1.54, 1.807) is 33.1 Å². The number of aryl methyl sites for hydroxylation is 1. The first kappa shape index (κ1) is 15.4. The first-order valence-corrected chi connectivity index (χ1v) is 6.68. The van der Waals surface area contributed by atoms with Crippen LogP contribution in [-0.4, -0.2) is 27.6 Å². The minimum absolute atomic E-state index is 0.159. The van der Waals surface area contributed by atoms with Gasteiger partial charge in [0.2, 0.25) is 5.91 Å². The summed E-state index contributed by atoms with van der Waals surface area (Å²) in [6.07, 6.45) is 0. The number of carbonyl (C=O) groups excluding carboxylic acids is 1. The van der Waals surface area contributed by atoms with Gasteiger partial charge in [-0.05, 0) is 12.3 Å². The lowest BCUT2D eigenvalue weighted by Crippen LogP contribution is -2.50. The second-order valence-electron chi connectivity index (χ2n) is 5.43. The molecule has 1 atom stereocenters. The standard InChI is InChI=1S/C12H18N2O4S/c1-7-6-19-11(18)14(7)5-8(15)13-9(10(16)17)12(2,3)4/h6,9H,5H2,1-4H3,(H,13,15)(H,16,17)/t9-/m1/s1. The number of nitrogens with zero attached hydrogens (tertiary/aromatic N) is 1. The SMILES string of the molecule is Cc1csc(=O)n1CC(=O)N[C@H](C(=O)O)C(C)(C)C. The zero-order valence-electron chi connectivity index (χ0n) is 11.4. The predicted molar refractivity (Wildman–Crippen MR) is 72.3 cm³/mol. The quantitative estimate of drug-likeness (QED) is 0.858. The Bertz CT molecular complexity index is 539. The first-order chi connectivity index (χ1) is 8.62. The van der Waals surface area contributed by atoms with E-state index in [4.69, 9.17) is 5.11 Å². The summed E-state index contributed by atoms with van der Waals surface area (Å²) in [6.45, 7) is 6.76. The van der Waals surface area contributed by atoms with Gasteiger partial charge in [0.1, 0.15) is 12.6 Å². The molecule has 0 saturated heterocycles. The van der Waals surface area contributed by atoms with Crippen LogP contribution < -0.4 is 10.2 Å². The van der Waals surface area contributed by atoms with Gasteiger partial charge in [0.25, 0.3) is 0 Å². The van der Waals surface area contributed by atoms with Crippen molar-refractivity contribution in [2.75, 3.05) is 0 Å². The summed E-state index contributed by atoms with van der Waals surface area (Å²) in [4.78, 5) is 34.2. The zero-order valence-corrected chi connectivity index (χ0v) is 12.2. The van der Waals surface area contributed by atoms with Gasteiger partial charge in [-0.2, -0.15) is 0 Å². The molecule has 1 aromatic heterocycles. The van der Waals surface area contributed by atoms with Crippen molar-refractivity contribution in [1.82, 2.24) is 9.88 Å². The maximum Gasteiger partial charge on any atom is 0.326 e. The minimum atomic E-state index is -1.09. The fourth-order valence-corrected chi connectivity index (χ4v) is 2.33. The van der Waals surface area contributed by atoms with Crippen LogP contribution in [0, 0.1) is 12.3 Å². The molecule has 0 bridgehead atoms. The van der Waals surface area contributed by atoms with Crippen molar-refractivity contribution in [3.8, 4) is 0 Å². The Morgan fingerprint density at radius 3 is 2.42 bits per heavy atom. The molecule has 106 valence electrons. The maximum absolute atomic E-state index is 11.8. The van der Waals surface area contributed by atoms with Gasteiger partial charge in [0, 0.05) is 11.1 Å². The molecule has 1 aromatic rings. The molecule has 0 radical (unpaired) electrons. The highest BCUT2D eigenvalue weighted by Crippen LogP contribution is 2.19. The fraction of sp³-hybridized carbons (Fsp3) is 0.583. The summed E-state index contributed by atoms with van der Waals surface area (Å²) in [5.41, 5.74) is 0.0867. The van der Waals surface area contributed by atoms with E-state index >= 15 is 0 Å². The Labute approximate surface area is 115 Å². The molecule has 1 heterocycles. The van der Waals surface area contributed by atoms with Gasteiger partial charge >= 0.3 is 10.8 Å². The van der Waals surface area contributed by atoms with E-state index < -0.39 is 23.3 Å². The molecule has 0 unspecified atom stereocenters. The fourth-order valence-electron chi connectivity index (χ4n) is 1.60. The number of aliphatic carboxylic acids is 1. The average Bonchev–Trinajstić information content (AvgIpc) is 2.55. The van der Waals surface area contributed by atoms with Crippen molar-refractivity contribution >= 4 is 23.2 Å². The van der Waals surface area contributed by atoms with Crippen molar-refractivity contribution in [2.24, 2.45) is 5.41 Å². The highest BCUT2D eigenvalue weighted by atomic mass is 32.1. The molecule has 1 amide bonds. The van der Waals surface area contributed by atoms with E-state index in [0.717, 1.165) is 11.3 Å². The maximum atomic E-state index is 11.8. The lowest BCUT2D eigenvalue weighted by molar-refractivity contribution is -0.145. The molecule has 7 heteroatoms. The molecule has 6 nitrogen and oxygen atoms in total. The first-order valence-electron chi connectivity index (χ1n) is 5.80. The highest BCUT2D eigenvalue weighted by molar-refractivity contribution is 7.07. The van der Waals surface area contributed by atoms with E-state index in [-0.39, 0.29) is 11.4 Å². The van der Waals surface area contributed by atoms with Crippen LogP contribution in [0.5, 0.6) is 0 Å². The van der Waals surface area contributed by atoms with E-state index in [1.165, 1.54) is 4.57 Å². The average molecular weight is 286 g/mol. The molecule has 1 rings (SSSR count). The molecule has 0 fully saturated rings. The summed E-state index contributed by atoms with van der Waals surface area (Å²) in [6, 6.07) is -0.991. The number of carboxylic acid groups (broad SMARTS) is 1. The van der Waals surface area contributed by atoms with Gasteiger partial charge in [-0.1, -0.05) is 32.1 Å². The number of amides is 1. The third-order valence-corrected chi connectivity index (χ3v) is 3.58. The number of rotatable bonds is 4. The zero-order chi connectivity index (χ0) is 14.8. The van der Waals surface area contributed by atoms with Crippen molar-refractivity contribution in [2.45, 2.75) is 40.3 Å². The van der Waals surface area contributed by atoms with Crippen LogP contribution in [0.2, 0.25) is 0 Å². The minimum Gasteiger partial charge on any atom is -0.480 e. The number of aromatic nitrogens is 1. The molecule has 0 spiro atoms. The smallest absolute Gasteiger partial charge is 0.326 e. The monoisotopic (exact) mass is 286 g/mol. The number of thiazole rings is 1. The number of hydrogen-bond donors (Lipinski definition) is 2. The van der Waals surface area contributed by atoms with Gasteiger partial charge in [-0.3, -0.25) is 14.2 Å². The van der Waals surface area contributed by atoms with Gasteiger partial charge in [0.15, 0.2) is 0 Å². The van der Waals surface area contributed by atoms with Crippen LogP contribution in [0.4, 0.5) is 0 Å². The summed E-state index contributed by atoms with van der Waals surface area (Å²) < 4.78 is 1.32. The van der Waals surface area contributed by atoms with Crippen molar-refractivity contribution in [3.05, 3.63) is 20.7 Å². The normalized spacial score (nSPS) is 13.1. The molecule has 19 heavy (non-hydrogen) atoms. The van der Waals surface area contributed by atoms with Gasteiger partial charge in [0.05, 0.1) is 0 Å². The van der Waals surface area contributed by atoms with E-state index in [9.17, 15) is 14.4 Å². The largest absolute Gasteiger partial charge is 0.480 e. The van der Waals surface area contributed by atoms with E-state index in [1.807, 2.05) is 0 Å². The molecule has 0 aliphatic carbocycles. The molecule has 0 saturated carbocycles. The van der Waals surface area contributed by atoms with E-state index in [0.29, 0.717) is 5.69 Å². The Kier molecular flexibility index (Phi) is 4.52. The van der Waals surface area contributed by atoms with Crippen molar-refractivity contribution in [1.29, 1.82) is 0 Å². The summed E-state index contributed by atoms with van der Waals surface area (Å²) >= 11 is 1.01. The third-order valence-electron chi connectivity index (χ3n) is 2.70. The van der Waals surface area contributed by atoms with Gasteiger partial charge in [-0.15, -0.1) is 0 Å². The Balaban J connectivity index is 2.80. The molecule has 0 aromatic carbocycles. The topological polar surface area (TPSA) is 88.4 Å². The van der Waals surface area contributed by atoms with Crippen LogP contribution in [-0.2, 0) is 16.1 Å². The van der Waals surface area contributed by atoms with Crippen LogP contribution in [0.15, 0.2) is 10.2 Å². The Morgan fingerprint density at radius 2 is 2.05 bits per heavy atom. The molecular weight excluding hydrogens is 268 g/mol. The van der Waals surface area contributed by atoms with Crippen LogP contribution in [0.25, 0.3) is 0 Å². The number of nitrogens with one attached hydrogen (secondary N) is 1. The number of carboxylic acids is 1.